The number of carbonyl (C=O) groups is 2. The Kier molecular flexibility index (Phi) is 5.74. The Morgan fingerprint density at radius 2 is 1.72 bits per heavy atom. The number of alkyl halides is 2. The van der Waals surface area contributed by atoms with E-state index < -0.39 is 41.2 Å². The third kappa shape index (κ3) is 3.96. The van der Waals surface area contributed by atoms with Crippen LogP contribution in [-0.2, 0) is 4.79 Å². The molecule has 0 aliphatic rings. The maximum Gasteiger partial charge on any atom is 0.316 e. The molecule has 0 aliphatic heterocycles. The predicted molar refractivity (Wildman–Crippen MR) is 84.8 cm³/mol. The first kappa shape index (κ1) is 18.4. The normalized spacial score (nSPS) is 10.6. The van der Waals surface area contributed by atoms with Gasteiger partial charge in [-0.15, -0.1) is 0 Å². The number of halogens is 4. The molecule has 0 aliphatic carbocycles. The van der Waals surface area contributed by atoms with Crippen LogP contribution in [0.3, 0.4) is 0 Å². The number of rotatable bonds is 5. The second kappa shape index (κ2) is 7.78. The Morgan fingerprint density at radius 1 is 1.08 bits per heavy atom. The average molecular weight is 354 g/mol. The van der Waals surface area contributed by atoms with Gasteiger partial charge < -0.3 is 10.2 Å². The van der Waals surface area contributed by atoms with E-state index in [1.54, 1.807) is 18.2 Å². The number of benzene rings is 2. The van der Waals surface area contributed by atoms with Gasteiger partial charge in [0.2, 0.25) is 0 Å². The molecule has 0 spiro atoms. The third-order valence-electron chi connectivity index (χ3n) is 3.39. The van der Waals surface area contributed by atoms with Crippen molar-refractivity contribution in [3.63, 3.8) is 0 Å². The van der Waals surface area contributed by atoms with E-state index in [0.717, 1.165) is 12.1 Å². The minimum Gasteiger partial charge on any atom is -0.319 e. The fourth-order valence-corrected chi connectivity index (χ4v) is 2.21. The van der Waals surface area contributed by atoms with Crippen LogP contribution in [-0.4, -0.2) is 24.8 Å². The first-order valence-corrected chi connectivity index (χ1v) is 7.30. The molecule has 2 amide bonds. The van der Waals surface area contributed by atoms with Crippen LogP contribution in [0.25, 0.3) is 0 Å². The van der Waals surface area contributed by atoms with Crippen LogP contribution in [0.2, 0.25) is 0 Å². The average Bonchev–Trinajstić information content (AvgIpc) is 2.61. The molecule has 8 heteroatoms. The first-order chi connectivity index (χ1) is 11.9. The van der Waals surface area contributed by atoms with Crippen molar-refractivity contribution in [3.8, 4) is 0 Å². The lowest BCUT2D eigenvalue weighted by Gasteiger charge is -2.22. The van der Waals surface area contributed by atoms with Crippen molar-refractivity contribution < 1.29 is 27.2 Å². The van der Waals surface area contributed by atoms with Crippen molar-refractivity contribution >= 4 is 23.2 Å². The molecule has 0 aromatic heterocycles. The number of anilines is 2. The molecule has 0 saturated carbocycles. The summed E-state index contributed by atoms with van der Waals surface area (Å²) in [5.74, 6) is -4.89. The van der Waals surface area contributed by atoms with Crippen molar-refractivity contribution in [2.45, 2.75) is 13.3 Å². The molecular weight excluding hydrogens is 340 g/mol. The fourth-order valence-electron chi connectivity index (χ4n) is 2.21. The molecule has 1 N–H and O–H groups in total. The van der Waals surface area contributed by atoms with Gasteiger partial charge in [0, 0.05) is 12.1 Å². The lowest BCUT2D eigenvalue weighted by Crippen LogP contribution is -2.37. The lowest BCUT2D eigenvalue weighted by molar-refractivity contribution is -0.129. The summed E-state index contributed by atoms with van der Waals surface area (Å²) in [5, 5.41) is 2.24. The van der Waals surface area contributed by atoms with Crippen LogP contribution in [0.4, 0.5) is 28.9 Å². The molecule has 2 rings (SSSR count). The van der Waals surface area contributed by atoms with Gasteiger partial charge in [0.05, 0.1) is 5.69 Å². The van der Waals surface area contributed by atoms with Crippen LogP contribution in [0.1, 0.15) is 17.3 Å². The van der Waals surface area contributed by atoms with Crippen molar-refractivity contribution in [2.75, 3.05) is 16.8 Å². The number of hydrogen-bond donors (Lipinski definition) is 1. The number of carbonyl (C=O) groups excluding carboxylic acids is 2. The Balaban J connectivity index is 2.39. The van der Waals surface area contributed by atoms with Gasteiger partial charge in [-0.1, -0.05) is 18.2 Å². The molecule has 0 unspecified atom stereocenters. The number of hydrogen-bond acceptors (Lipinski definition) is 2. The molecule has 0 radical (unpaired) electrons. The Morgan fingerprint density at radius 3 is 2.28 bits per heavy atom. The van der Waals surface area contributed by atoms with Crippen molar-refractivity contribution in [1.29, 1.82) is 0 Å². The molecule has 2 aromatic carbocycles. The molecule has 2 aromatic rings. The Labute approximate surface area is 141 Å². The van der Waals surface area contributed by atoms with Crippen LogP contribution in [0.5, 0.6) is 0 Å². The lowest BCUT2D eigenvalue weighted by atomic mass is 10.2. The molecule has 0 heterocycles. The molecule has 0 saturated heterocycles. The van der Waals surface area contributed by atoms with Gasteiger partial charge in [-0.2, -0.15) is 8.78 Å². The maximum absolute atomic E-state index is 14.6. The highest BCUT2D eigenvalue weighted by Crippen LogP contribution is 2.30. The van der Waals surface area contributed by atoms with Gasteiger partial charge >= 0.3 is 6.43 Å². The summed E-state index contributed by atoms with van der Waals surface area (Å²) in [6.07, 6.45) is -3.42. The van der Waals surface area contributed by atoms with E-state index in [2.05, 4.69) is 5.32 Å². The molecule has 0 fully saturated rings. The minimum atomic E-state index is -3.42. The summed E-state index contributed by atoms with van der Waals surface area (Å²) in [5.41, 5.74) is -1.13. The van der Waals surface area contributed by atoms with Crippen molar-refractivity contribution in [3.05, 3.63) is 59.7 Å². The topological polar surface area (TPSA) is 49.4 Å². The molecular formula is C17H14F4N2O2. The van der Waals surface area contributed by atoms with Gasteiger partial charge in [-0.05, 0) is 31.2 Å². The third-order valence-corrected chi connectivity index (χ3v) is 3.39. The second-order valence-corrected chi connectivity index (χ2v) is 4.96. The number of nitrogens with one attached hydrogen (secondary N) is 1. The minimum absolute atomic E-state index is 0.226. The molecule has 132 valence electrons. The van der Waals surface area contributed by atoms with E-state index >= 15 is 0 Å². The van der Waals surface area contributed by atoms with Crippen LogP contribution < -0.4 is 10.2 Å². The number of amides is 2. The Hall–Kier alpha value is -2.90. The van der Waals surface area contributed by atoms with Crippen LogP contribution in [0, 0.1) is 11.6 Å². The maximum atomic E-state index is 14.6. The quantitative estimate of drug-likeness (QED) is 0.830. The first-order valence-electron chi connectivity index (χ1n) is 7.30. The monoisotopic (exact) mass is 354 g/mol. The van der Waals surface area contributed by atoms with E-state index in [0.29, 0.717) is 4.90 Å². The molecule has 0 bridgehead atoms. The summed E-state index contributed by atoms with van der Waals surface area (Å²) < 4.78 is 53.8. The van der Waals surface area contributed by atoms with E-state index in [1.165, 1.54) is 19.1 Å². The Bertz CT molecular complexity index is 782. The van der Waals surface area contributed by atoms with Crippen LogP contribution >= 0.6 is 0 Å². The van der Waals surface area contributed by atoms with E-state index in [1.807, 2.05) is 0 Å². The van der Waals surface area contributed by atoms with Gasteiger partial charge in [0.1, 0.15) is 11.5 Å². The highest BCUT2D eigenvalue weighted by atomic mass is 19.3. The largest absolute Gasteiger partial charge is 0.319 e. The zero-order chi connectivity index (χ0) is 18.6. The summed E-state index contributed by atoms with van der Waals surface area (Å²) in [4.78, 5) is 23.9. The summed E-state index contributed by atoms with van der Waals surface area (Å²) in [6, 6.07) is 9.59. The van der Waals surface area contributed by atoms with Crippen molar-refractivity contribution in [2.24, 2.45) is 0 Å². The molecule has 4 nitrogen and oxygen atoms in total. The van der Waals surface area contributed by atoms with Crippen molar-refractivity contribution in [1.82, 2.24) is 0 Å². The van der Waals surface area contributed by atoms with Gasteiger partial charge in [0.25, 0.3) is 11.8 Å². The standard InChI is InChI=1S/C17H14F4N2O2/c1-2-23(17(25)15(20)21)14-11(18)8-9-12(13(14)19)22-16(24)10-6-4-3-5-7-10/h3-9,15H,2H2,1H3,(H,22,24). The fraction of sp³-hybridized carbons (Fsp3) is 0.176. The second-order valence-electron chi connectivity index (χ2n) is 4.96. The summed E-state index contributed by atoms with van der Waals surface area (Å²) >= 11 is 0. The van der Waals surface area contributed by atoms with Crippen LogP contribution in [0.15, 0.2) is 42.5 Å². The predicted octanol–water partition coefficient (Wildman–Crippen LogP) is 3.84. The number of nitrogens with zero attached hydrogens (tertiary/aromatic N) is 1. The van der Waals surface area contributed by atoms with Gasteiger partial charge in [-0.25, -0.2) is 8.78 Å². The summed E-state index contributed by atoms with van der Waals surface area (Å²) in [6.45, 7) is 0.932. The van der Waals surface area contributed by atoms with E-state index in [9.17, 15) is 27.2 Å². The smallest absolute Gasteiger partial charge is 0.316 e. The van der Waals surface area contributed by atoms with Gasteiger partial charge in [-0.3, -0.25) is 9.59 Å². The zero-order valence-corrected chi connectivity index (χ0v) is 13.1. The van der Waals surface area contributed by atoms with E-state index in [-0.39, 0.29) is 12.1 Å². The SMILES string of the molecule is CCN(C(=O)C(F)F)c1c(F)ccc(NC(=O)c2ccccc2)c1F. The highest BCUT2D eigenvalue weighted by molar-refractivity contribution is 6.05. The molecule has 0 atom stereocenters. The molecule has 25 heavy (non-hydrogen) atoms. The van der Waals surface area contributed by atoms with Gasteiger partial charge in [0.15, 0.2) is 5.82 Å². The highest BCUT2D eigenvalue weighted by Gasteiger charge is 2.29. The summed E-state index contributed by atoms with van der Waals surface area (Å²) in [7, 11) is 0. The van der Waals surface area contributed by atoms with E-state index in [4.69, 9.17) is 0 Å². The zero-order valence-electron chi connectivity index (χ0n) is 13.1.